The maximum atomic E-state index is 12.5. The molecule has 5 nitrogen and oxygen atoms in total. The van der Waals surface area contributed by atoms with Gasteiger partial charge in [0.25, 0.3) is 5.91 Å². The third kappa shape index (κ3) is 3.49. The van der Waals surface area contributed by atoms with Gasteiger partial charge >= 0.3 is 0 Å². The lowest BCUT2D eigenvalue weighted by Gasteiger charge is -2.34. The van der Waals surface area contributed by atoms with Crippen LogP contribution in [0.1, 0.15) is 10.4 Å². The quantitative estimate of drug-likeness (QED) is 0.868. The molecule has 5 heteroatoms. The van der Waals surface area contributed by atoms with E-state index in [0.717, 1.165) is 44.0 Å². The summed E-state index contributed by atoms with van der Waals surface area (Å²) in [7, 11) is 3.96. The summed E-state index contributed by atoms with van der Waals surface area (Å²) in [4.78, 5) is 18.8. The summed E-state index contributed by atoms with van der Waals surface area (Å²) >= 11 is 0. The smallest absolute Gasteiger partial charge is 0.254 e. The van der Waals surface area contributed by atoms with Crippen molar-refractivity contribution < 1.29 is 4.79 Å². The molecule has 0 saturated carbocycles. The molecule has 1 saturated heterocycles. The summed E-state index contributed by atoms with van der Waals surface area (Å²) in [5.41, 5.74) is 7.38. The van der Waals surface area contributed by atoms with Crippen molar-refractivity contribution in [1.82, 2.24) is 9.80 Å². The maximum absolute atomic E-state index is 12.5. The molecular formula is C15H24N4O. The van der Waals surface area contributed by atoms with Crippen LogP contribution in [-0.2, 0) is 0 Å². The summed E-state index contributed by atoms with van der Waals surface area (Å²) in [6, 6.07) is 7.79. The fraction of sp³-hybridized carbons (Fsp3) is 0.533. The number of nitrogens with two attached hydrogens (primary N) is 1. The monoisotopic (exact) mass is 276 g/mol. The third-order valence-corrected chi connectivity index (χ3v) is 3.71. The van der Waals surface area contributed by atoms with E-state index < -0.39 is 0 Å². The Morgan fingerprint density at radius 2 is 1.95 bits per heavy atom. The van der Waals surface area contributed by atoms with Gasteiger partial charge in [-0.25, -0.2) is 0 Å². The van der Waals surface area contributed by atoms with E-state index in [4.69, 9.17) is 5.73 Å². The first kappa shape index (κ1) is 14.8. The molecule has 1 amide bonds. The highest BCUT2D eigenvalue weighted by atomic mass is 16.2. The third-order valence-electron chi connectivity index (χ3n) is 3.71. The molecule has 1 fully saturated rings. The Kier molecular flexibility index (Phi) is 4.98. The van der Waals surface area contributed by atoms with Gasteiger partial charge in [0.1, 0.15) is 0 Å². The molecule has 0 radical (unpaired) electrons. The molecule has 1 heterocycles. The molecule has 110 valence electrons. The number of amides is 1. The van der Waals surface area contributed by atoms with E-state index in [0.29, 0.717) is 6.54 Å². The second-order valence-electron chi connectivity index (χ2n) is 5.37. The number of hydrogen-bond acceptors (Lipinski definition) is 4. The topological polar surface area (TPSA) is 52.8 Å². The van der Waals surface area contributed by atoms with Gasteiger partial charge in [0.05, 0.1) is 0 Å². The minimum absolute atomic E-state index is 0.126. The van der Waals surface area contributed by atoms with Gasteiger partial charge in [0.15, 0.2) is 0 Å². The van der Waals surface area contributed by atoms with Gasteiger partial charge in [-0.05, 0) is 18.2 Å². The van der Waals surface area contributed by atoms with Gasteiger partial charge < -0.3 is 15.5 Å². The van der Waals surface area contributed by atoms with E-state index >= 15 is 0 Å². The van der Waals surface area contributed by atoms with Crippen LogP contribution in [0.15, 0.2) is 24.3 Å². The molecule has 0 spiro atoms. The van der Waals surface area contributed by atoms with Gasteiger partial charge in [-0.1, -0.05) is 6.07 Å². The lowest BCUT2D eigenvalue weighted by atomic mass is 10.1. The highest BCUT2D eigenvalue weighted by Gasteiger charge is 2.21. The first-order valence-corrected chi connectivity index (χ1v) is 7.11. The molecule has 1 aliphatic heterocycles. The first-order chi connectivity index (χ1) is 9.61. The summed E-state index contributed by atoms with van der Waals surface area (Å²) in [5, 5.41) is 0. The molecule has 20 heavy (non-hydrogen) atoms. The normalized spacial score (nSPS) is 16.2. The second-order valence-corrected chi connectivity index (χ2v) is 5.37. The number of anilines is 1. The van der Waals surface area contributed by atoms with Gasteiger partial charge in [0.2, 0.25) is 0 Å². The molecule has 1 aromatic rings. The molecule has 0 atom stereocenters. The molecule has 2 rings (SSSR count). The zero-order valence-electron chi connectivity index (χ0n) is 12.4. The van der Waals surface area contributed by atoms with Crippen LogP contribution in [0.25, 0.3) is 0 Å². The minimum Gasteiger partial charge on any atom is -0.378 e. The molecular weight excluding hydrogens is 252 g/mol. The predicted molar refractivity (Wildman–Crippen MR) is 82.2 cm³/mol. The van der Waals surface area contributed by atoms with Crippen molar-refractivity contribution in [2.45, 2.75) is 0 Å². The van der Waals surface area contributed by atoms with Crippen LogP contribution < -0.4 is 10.6 Å². The molecule has 1 aromatic carbocycles. The Bertz CT molecular complexity index is 453. The van der Waals surface area contributed by atoms with Crippen molar-refractivity contribution in [3.05, 3.63) is 29.8 Å². The largest absolute Gasteiger partial charge is 0.378 e. The van der Waals surface area contributed by atoms with Crippen molar-refractivity contribution in [1.29, 1.82) is 0 Å². The molecule has 1 aliphatic rings. The molecule has 0 bridgehead atoms. The standard InChI is InChI=1S/C15H24N4O/c1-17(2)14-5-3-4-13(12-14)15(20)19-10-8-18(7-6-16)9-11-19/h3-5,12H,6-11,16H2,1-2H3. The molecule has 0 aliphatic carbocycles. The average Bonchev–Trinajstić information content (AvgIpc) is 2.48. The van der Waals surface area contributed by atoms with Crippen LogP contribution in [0.3, 0.4) is 0 Å². The Morgan fingerprint density at radius 1 is 1.25 bits per heavy atom. The number of hydrogen-bond donors (Lipinski definition) is 1. The van der Waals surface area contributed by atoms with E-state index in [1.165, 1.54) is 0 Å². The number of carbonyl (C=O) groups excluding carboxylic acids is 1. The summed E-state index contributed by atoms with van der Waals surface area (Å²) < 4.78 is 0. The second kappa shape index (κ2) is 6.72. The molecule has 0 aromatic heterocycles. The average molecular weight is 276 g/mol. The summed E-state index contributed by atoms with van der Waals surface area (Å²) in [6.45, 7) is 4.99. The van der Waals surface area contributed by atoms with Crippen LogP contribution in [0.5, 0.6) is 0 Å². The molecule has 2 N–H and O–H groups in total. The van der Waals surface area contributed by atoms with Gasteiger partial charge in [-0.2, -0.15) is 0 Å². The fourth-order valence-electron chi connectivity index (χ4n) is 2.46. The lowest BCUT2D eigenvalue weighted by molar-refractivity contribution is 0.0641. The maximum Gasteiger partial charge on any atom is 0.254 e. The van der Waals surface area contributed by atoms with Crippen molar-refractivity contribution in [3.63, 3.8) is 0 Å². The van der Waals surface area contributed by atoms with E-state index in [1.807, 2.05) is 48.2 Å². The van der Waals surface area contributed by atoms with Crippen LogP contribution in [0.2, 0.25) is 0 Å². The van der Waals surface area contributed by atoms with Crippen LogP contribution >= 0.6 is 0 Å². The number of benzene rings is 1. The number of nitrogens with zero attached hydrogens (tertiary/aromatic N) is 3. The number of rotatable bonds is 4. The van der Waals surface area contributed by atoms with E-state index in [2.05, 4.69) is 4.90 Å². The molecule has 0 unspecified atom stereocenters. The Morgan fingerprint density at radius 3 is 2.55 bits per heavy atom. The van der Waals surface area contributed by atoms with Crippen molar-refractivity contribution in [3.8, 4) is 0 Å². The van der Waals surface area contributed by atoms with Crippen molar-refractivity contribution in [2.24, 2.45) is 5.73 Å². The van der Waals surface area contributed by atoms with Crippen molar-refractivity contribution >= 4 is 11.6 Å². The highest BCUT2D eigenvalue weighted by Crippen LogP contribution is 2.16. The van der Waals surface area contributed by atoms with E-state index in [1.54, 1.807) is 0 Å². The zero-order valence-corrected chi connectivity index (χ0v) is 12.4. The highest BCUT2D eigenvalue weighted by molar-refractivity contribution is 5.95. The first-order valence-electron chi connectivity index (χ1n) is 7.11. The van der Waals surface area contributed by atoms with Crippen LogP contribution in [0.4, 0.5) is 5.69 Å². The number of carbonyl (C=O) groups is 1. The zero-order chi connectivity index (χ0) is 14.5. The Labute approximate surface area is 120 Å². The summed E-state index contributed by atoms with van der Waals surface area (Å²) in [5.74, 6) is 0.126. The SMILES string of the molecule is CN(C)c1cccc(C(=O)N2CCN(CCN)CC2)c1. The van der Waals surface area contributed by atoms with Crippen molar-refractivity contribution in [2.75, 3.05) is 58.3 Å². The fourth-order valence-corrected chi connectivity index (χ4v) is 2.46. The van der Waals surface area contributed by atoms with E-state index in [-0.39, 0.29) is 5.91 Å². The predicted octanol–water partition coefficient (Wildman–Crippen LogP) is 0.469. The van der Waals surface area contributed by atoms with Crippen LogP contribution in [-0.4, -0.2) is 69.1 Å². The Hall–Kier alpha value is -1.59. The van der Waals surface area contributed by atoms with Crippen LogP contribution in [0, 0.1) is 0 Å². The summed E-state index contributed by atoms with van der Waals surface area (Å²) in [6.07, 6.45) is 0. The Balaban J connectivity index is 2.00. The van der Waals surface area contributed by atoms with E-state index in [9.17, 15) is 4.79 Å². The van der Waals surface area contributed by atoms with Gasteiger partial charge in [-0.15, -0.1) is 0 Å². The number of piperazine rings is 1. The van der Waals surface area contributed by atoms with Gasteiger partial charge in [-0.3, -0.25) is 9.69 Å². The lowest BCUT2D eigenvalue weighted by Crippen LogP contribution is -2.49. The minimum atomic E-state index is 0.126. The van der Waals surface area contributed by atoms with Gasteiger partial charge in [0, 0.05) is 64.6 Å².